The summed E-state index contributed by atoms with van der Waals surface area (Å²) in [4.78, 5) is 25.6. The minimum atomic E-state index is -0.279. The third kappa shape index (κ3) is 3.63. The molecule has 0 spiro atoms. The van der Waals surface area contributed by atoms with E-state index in [1.54, 1.807) is 0 Å². The summed E-state index contributed by atoms with van der Waals surface area (Å²) in [6.45, 7) is 1.91. The van der Waals surface area contributed by atoms with Crippen molar-refractivity contribution >= 4 is 29.3 Å². The summed E-state index contributed by atoms with van der Waals surface area (Å²) >= 11 is 1.30. The zero-order chi connectivity index (χ0) is 16.2. The molecular weight excluding hydrogens is 308 g/mol. The van der Waals surface area contributed by atoms with Gasteiger partial charge in [0.15, 0.2) is 0 Å². The lowest BCUT2D eigenvalue weighted by Crippen LogP contribution is -2.26. The number of anilines is 1. The average Bonchev–Trinajstić information content (AvgIpc) is 2.56. The van der Waals surface area contributed by atoms with Crippen LogP contribution in [0, 0.1) is 0 Å². The van der Waals surface area contributed by atoms with E-state index in [0.29, 0.717) is 4.91 Å². The van der Waals surface area contributed by atoms with E-state index in [-0.39, 0.29) is 17.9 Å². The topological polar surface area (TPSA) is 58.2 Å². The number of fused-ring (bicyclic) bond motifs is 1. The highest BCUT2D eigenvalue weighted by Crippen LogP contribution is 2.37. The Kier molecular flexibility index (Phi) is 4.48. The molecule has 1 aliphatic rings. The van der Waals surface area contributed by atoms with E-state index in [2.05, 4.69) is 10.6 Å². The lowest BCUT2D eigenvalue weighted by molar-refractivity contribution is -0.118. The van der Waals surface area contributed by atoms with Crippen LogP contribution >= 0.6 is 11.8 Å². The fourth-order valence-corrected chi connectivity index (χ4v) is 3.22. The van der Waals surface area contributed by atoms with Crippen LogP contribution < -0.4 is 10.6 Å². The van der Waals surface area contributed by atoms with E-state index in [1.807, 2.05) is 61.5 Å². The number of para-hydroxylation sites is 1. The Bertz CT molecular complexity index is 772. The van der Waals surface area contributed by atoms with Gasteiger partial charge in [-0.1, -0.05) is 54.2 Å². The average molecular weight is 324 g/mol. The highest BCUT2D eigenvalue weighted by atomic mass is 32.2. The number of carbonyl (C=O) groups excluding carboxylic acids is 2. The second kappa shape index (κ2) is 6.71. The fraction of sp³-hybridized carbons (Fsp3) is 0.111. The molecular formula is C18H16N2O2S. The molecule has 0 saturated carbocycles. The van der Waals surface area contributed by atoms with Gasteiger partial charge in [-0.15, -0.1) is 0 Å². The van der Waals surface area contributed by atoms with Crippen molar-refractivity contribution in [1.82, 2.24) is 5.32 Å². The molecule has 2 aromatic rings. The van der Waals surface area contributed by atoms with Gasteiger partial charge in [0.25, 0.3) is 5.91 Å². The second-order valence-corrected chi connectivity index (χ2v) is 6.29. The van der Waals surface area contributed by atoms with Crippen LogP contribution in [0.5, 0.6) is 0 Å². The molecule has 23 heavy (non-hydrogen) atoms. The van der Waals surface area contributed by atoms with Gasteiger partial charge in [0.05, 0.1) is 16.6 Å². The molecule has 1 heterocycles. The van der Waals surface area contributed by atoms with Gasteiger partial charge in [-0.3, -0.25) is 9.59 Å². The predicted octanol–water partition coefficient (Wildman–Crippen LogP) is 3.49. The Morgan fingerprint density at radius 3 is 2.61 bits per heavy atom. The van der Waals surface area contributed by atoms with Crippen molar-refractivity contribution in [2.75, 3.05) is 5.32 Å². The lowest BCUT2D eigenvalue weighted by atomic mass is 10.1. The molecule has 116 valence electrons. The van der Waals surface area contributed by atoms with Crippen LogP contribution in [-0.4, -0.2) is 11.8 Å². The van der Waals surface area contributed by atoms with Crippen LogP contribution in [0.2, 0.25) is 0 Å². The van der Waals surface area contributed by atoms with Gasteiger partial charge in [-0.2, -0.15) is 0 Å². The number of rotatable bonds is 3. The van der Waals surface area contributed by atoms with E-state index < -0.39 is 0 Å². The Morgan fingerprint density at radius 1 is 1.13 bits per heavy atom. The maximum absolute atomic E-state index is 12.2. The van der Waals surface area contributed by atoms with Crippen LogP contribution in [0.15, 0.2) is 70.5 Å². The van der Waals surface area contributed by atoms with Crippen molar-refractivity contribution in [2.24, 2.45) is 0 Å². The van der Waals surface area contributed by atoms with Crippen molar-refractivity contribution in [1.29, 1.82) is 0 Å². The number of carbonyl (C=O) groups is 2. The number of hydrogen-bond donors (Lipinski definition) is 2. The largest absolute Gasteiger partial charge is 0.346 e. The monoisotopic (exact) mass is 324 g/mol. The van der Waals surface area contributed by atoms with Gasteiger partial charge in [0, 0.05) is 11.0 Å². The molecule has 0 aromatic heterocycles. The third-order valence-corrected chi connectivity index (χ3v) is 4.60. The summed E-state index contributed by atoms with van der Waals surface area (Å²) in [6, 6.07) is 17.1. The summed E-state index contributed by atoms with van der Waals surface area (Å²) in [7, 11) is 0. The summed E-state index contributed by atoms with van der Waals surface area (Å²) in [6.07, 6.45) is 1.36. The van der Waals surface area contributed by atoms with Gasteiger partial charge in [-0.25, -0.2) is 0 Å². The lowest BCUT2D eigenvalue weighted by Gasteiger charge is -2.18. The first-order chi connectivity index (χ1) is 11.1. The molecule has 2 amide bonds. The molecule has 3 rings (SSSR count). The van der Waals surface area contributed by atoms with Crippen molar-refractivity contribution < 1.29 is 9.59 Å². The molecule has 0 fully saturated rings. The Hall–Kier alpha value is -2.53. The quantitative estimate of drug-likeness (QED) is 0.850. The molecule has 0 aliphatic carbocycles. The molecule has 1 atom stereocenters. The van der Waals surface area contributed by atoms with E-state index in [0.717, 1.165) is 16.1 Å². The first kappa shape index (κ1) is 15.4. The minimum Gasteiger partial charge on any atom is -0.346 e. The van der Waals surface area contributed by atoms with E-state index in [4.69, 9.17) is 0 Å². The molecule has 0 bridgehead atoms. The number of thioether (sulfide) groups is 1. The van der Waals surface area contributed by atoms with Crippen LogP contribution in [0.4, 0.5) is 5.69 Å². The SMILES string of the molecule is CC(NC(=O)C=C1Sc2ccccc2NC1=O)c1ccccc1. The predicted molar refractivity (Wildman–Crippen MR) is 92.0 cm³/mol. The van der Waals surface area contributed by atoms with Crippen molar-refractivity contribution in [3.63, 3.8) is 0 Å². The molecule has 2 aromatic carbocycles. The van der Waals surface area contributed by atoms with Crippen LogP contribution in [0.1, 0.15) is 18.5 Å². The number of hydrogen-bond acceptors (Lipinski definition) is 3. The number of benzene rings is 2. The maximum atomic E-state index is 12.2. The van der Waals surface area contributed by atoms with Crippen molar-refractivity contribution in [3.8, 4) is 0 Å². The molecule has 0 radical (unpaired) electrons. The molecule has 1 aliphatic heterocycles. The molecule has 2 N–H and O–H groups in total. The van der Waals surface area contributed by atoms with Gasteiger partial charge in [0.2, 0.25) is 5.91 Å². The summed E-state index contributed by atoms with van der Waals surface area (Å²) in [5.74, 6) is -0.533. The Balaban J connectivity index is 1.72. The van der Waals surface area contributed by atoms with Crippen molar-refractivity contribution in [2.45, 2.75) is 17.9 Å². The minimum absolute atomic E-state index is 0.121. The zero-order valence-corrected chi connectivity index (χ0v) is 13.4. The third-order valence-electron chi connectivity index (χ3n) is 3.50. The maximum Gasteiger partial charge on any atom is 0.262 e. The van der Waals surface area contributed by atoms with E-state index >= 15 is 0 Å². The van der Waals surface area contributed by atoms with Gasteiger partial charge in [-0.05, 0) is 24.6 Å². The first-order valence-corrected chi connectivity index (χ1v) is 8.10. The van der Waals surface area contributed by atoms with Crippen LogP contribution in [0.3, 0.4) is 0 Å². The molecule has 4 nitrogen and oxygen atoms in total. The summed E-state index contributed by atoms with van der Waals surface area (Å²) in [5, 5.41) is 5.67. The highest BCUT2D eigenvalue weighted by molar-refractivity contribution is 8.04. The van der Waals surface area contributed by atoms with Gasteiger partial charge in [0.1, 0.15) is 0 Å². The van der Waals surface area contributed by atoms with E-state index in [1.165, 1.54) is 17.8 Å². The molecule has 5 heteroatoms. The normalized spacial score (nSPS) is 16.4. The number of nitrogens with one attached hydrogen (secondary N) is 2. The van der Waals surface area contributed by atoms with Gasteiger partial charge >= 0.3 is 0 Å². The second-order valence-electron chi connectivity index (χ2n) is 5.20. The zero-order valence-electron chi connectivity index (χ0n) is 12.6. The smallest absolute Gasteiger partial charge is 0.262 e. The number of amides is 2. The summed E-state index contributed by atoms with van der Waals surface area (Å²) < 4.78 is 0. The molecule has 0 saturated heterocycles. The first-order valence-electron chi connectivity index (χ1n) is 7.29. The molecule has 1 unspecified atom stereocenters. The van der Waals surface area contributed by atoms with E-state index in [9.17, 15) is 9.59 Å². The summed E-state index contributed by atoms with van der Waals surface area (Å²) in [5.41, 5.74) is 1.79. The standard InChI is InChI=1S/C18H16N2O2S/c1-12(13-7-3-2-4-8-13)19-17(21)11-16-18(22)20-14-9-5-6-10-15(14)23-16/h2-12H,1H3,(H,19,21)(H,20,22). The Morgan fingerprint density at radius 2 is 1.83 bits per heavy atom. The van der Waals surface area contributed by atoms with Crippen LogP contribution in [0.25, 0.3) is 0 Å². The van der Waals surface area contributed by atoms with Crippen LogP contribution in [-0.2, 0) is 9.59 Å². The fourth-order valence-electron chi connectivity index (χ4n) is 2.30. The van der Waals surface area contributed by atoms with Gasteiger partial charge < -0.3 is 10.6 Å². The Labute approximate surface area is 139 Å². The van der Waals surface area contributed by atoms with Crippen molar-refractivity contribution in [3.05, 3.63) is 71.1 Å². The highest BCUT2D eigenvalue weighted by Gasteiger charge is 2.21.